The summed E-state index contributed by atoms with van der Waals surface area (Å²) < 4.78 is 0. The molecule has 6 nitrogen and oxygen atoms in total. The number of aromatic nitrogens is 2. The lowest BCUT2D eigenvalue weighted by Gasteiger charge is -2.30. The maximum Gasteiger partial charge on any atom is 0.230 e. The van der Waals surface area contributed by atoms with Crippen molar-refractivity contribution in [2.24, 2.45) is 23.7 Å². The van der Waals surface area contributed by atoms with Gasteiger partial charge in [0.25, 0.3) is 0 Å². The molecule has 0 spiro atoms. The van der Waals surface area contributed by atoms with Gasteiger partial charge in [-0.25, -0.2) is 0 Å². The van der Waals surface area contributed by atoms with Crippen LogP contribution in [-0.2, 0) is 9.59 Å². The Bertz CT molecular complexity index is 476. The number of carbonyl (C=O) groups excluding carboxylic acids is 2. The predicted octanol–water partition coefficient (Wildman–Crippen LogP) is -0.111. The Balaban J connectivity index is 1.78. The minimum Gasteiger partial charge on any atom is -0.550 e. The molecule has 1 amide bonds. The molecule has 2 fully saturated rings. The molecular formula is C11H12N3O3S-. The second kappa shape index (κ2) is 4.31. The molecule has 2 saturated carbocycles. The third kappa shape index (κ3) is 1.78. The van der Waals surface area contributed by atoms with Crippen molar-refractivity contribution in [2.45, 2.75) is 19.3 Å². The van der Waals surface area contributed by atoms with Crippen molar-refractivity contribution < 1.29 is 14.7 Å². The number of nitrogens with one attached hydrogen (secondary N) is 1. The van der Waals surface area contributed by atoms with Gasteiger partial charge in [0.2, 0.25) is 11.0 Å². The van der Waals surface area contributed by atoms with Crippen LogP contribution in [0.5, 0.6) is 0 Å². The van der Waals surface area contributed by atoms with E-state index in [4.69, 9.17) is 0 Å². The van der Waals surface area contributed by atoms with E-state index >= 15 is 0 Å². The summed E-state index contributed by atoms with van der Waals surface area (Å²) >= 11 is 1.22. The van der Waals surface area contributed by atoms with Crippen molar-refractivity contribution in [1.29, 1.82) is 0 Å². The van der Waals surface area contributed by atoms with Gasteiger partial charge in [-0.15, -0.1) is 10.2 Å². The molecule has 0 saturated heterocycles. The van der Waals surface area contributed by atoms with Gasteiger partial charge in [-0.05, 0) is 31.1 Å². The standard InChI is InChI=1S/C11H13N3O3S/c15-9(13-11-14-12-4-18-11)7-5-1-2-6(3-5)8(7)10(16)17/h4-8H,1-3H2,(H,16,17)(H,13,14,15)/p-1/t5-,6-,7-,8-/m0/s1. The fourth-order valence-electron chi connectivity index (χ4n) is 3.42. The molecule has 1 aromatic heterocycles. The second-order valence-electron chi connectivity index (χ2n) is 4.94. The third-order valence-corrected chi connectivity index (χ3v) is 4.69. The molecule has 2 aliphatic rings. The van der Waals surface area contributed by atoms with E-state index in [9.17, 15) is 14.7 Å². The van der Waals surface area contributed by atoms with Gasteiger partial charge in [0, 0.05) is 17.8 Å². The van der Waals surface area contributed by atoms with Crippen LogP contribution in [0.1, 0.15) is 19.3 Å². The average molecular weight is 266 g/mol. The molecule has 1 heterocycles. The van der Waals surface area contributed by atoms with Crippen LogP contribution in [0, 0.1) is 23.7 Å². The average Bonchev–Trinajstić information content (AvgIpc) is 3.03. The van der Waals surface area contributed by atoms with Gasteiger partial charge < -0.3 is 15.2 Å². The second-order valence-corrected chi connectivity index (χ2v) is 5.77. The number of hydrogen-bond donors (Lipinski definition) is 1. The minimum absolute atomic E-state index is 0.102. The van der Waals surface area contributed by atoms with Crippen molar-refractivity contribution in [2.75, 3.05) is 5.32 Å². The van der Waals surface area contributed by atoms with Crippen LogP contribution in [0.25, 0.3) is 0 Å². The SMILES string of the molecule is O=C([O-])[C@H]1[C@H]2CC[C@@H](C2)[C@@H]1C(=O)Nc1nncs1. The van der Waals surface area contributed by atoms with Crippen LogP contribution in [0.2, 0.25) is 0 Å². The molecule has 3 rings (SSSR count). The molecule has 96 valence electrons. The Morgan fingerprint density at radius 3 is 2.67 bits per heavy atom. The van der Waals surface area contributed by atoms with Crippen LogP contribution in [0.4, 0.5) is 5.13 Å². The first-order valence-electron chi connectivity index (χ1n) is 5.94. The largest absolute Gasteiger partial charge is 0.550 e. The molecule has 0 aliphatic heterocycles. The predicted molar refractivity (Wildman–Crippen MR) is 61.4 cm³/mol. The van der Waals surface area contributed by atoms with Gasteiger partial charge in [0.1, 0.15) is 5.51 Å². The number of carboxylic acid groups (broad SMARTS) is 1. The lowest BCUT2D eigenvalue weighted by atomic mass is 9.79. The van der Waals surface area contributed by atoms with Gasteiger partial charge in [-0.2, -0.15) is 0 Å². The van der Waals surface area contributed by atoms with E-state index in [0.29, 0.717) is 5.13 Å². The van der Waals surface area contributed by atoms with Crippen LogP contribution in [-0.4, -0.2) is 22.1 Å². The zero-order chi connectivity index (χ0) is 12.7. The maximum absolute atomic E-state index is 12.2. The van der Waals surface area contributed by atoms with E-state index in [1.54, 1.807) is 0 Å². The number of rotatable bonds is 3. The highest BCUT2D eigenvalue weighted by Gasteiger charge is 2.51. The summed E-state index contributed by atoms with van der Waals surface area (Å²) in [4.78, 5) is 23.3. The maximum atomic E-state index is 12.2. The molecule has 1 aromatic rings. The number of carboxylic acids is 1. The van der Waals surface area contributed by atoms with Crippen molar-refractivity contribution in [3.05, 3.63) is 5.51 Å². The Labute approximate surface area is 107 Å². The quantitative estimate of drug-likeness (QED) is 0.823. The van der Waals surface area contributed by atoms with Crippen molar-refractivity contribution in [1.82, 2.24) is 10.2 Å². The summed E-state index contributed by atoms with van der Waals surface area (Å²) in [7, 11) is 0. The fraction of sp³-hybridized carbons (Fsp3) is 0.636. The molecule has 7 heteroatoms. The van der Waals surface area contributed by atoms with Gasteiger partial charge in [-0.1, -0.05) is 11.3 Å². The summed E-state index contributed by atoms with van der Waals surface area (Å²) in [5, 5.41) is 21.6. The summed E-state index contributed by atoms with van der Waals surface area (Å²) in [6.07, 6.45) is 2.65. The van der Waals surface area contributed by atoms with Crippen LogP contribution in [0.3, 0.4) is 0 Å². The van der Waals surface area contributed by atoms with Gasteiger partial charge >= 0.3 is 0 Å². The molecule has 4 atom stereocenters. The van der Waals surface area contributed by atoms with E-state index in [0.717, 1.165) is 19.3 Å². The lowest BCUT2D eigenvalue weighted by molar-refractivity contribution is -0.314. The van der Waals surface area contributed by atoms with Crippen LogP contribution >= 0.6 is 11.3 Å². The molecule has 0 aromatic carbocycles. The monoisotopic (exact) mass is 266 g/mol. The highest BCUT2D eigenvalue weighted by molar-refractivity contribution is 7.13. The van der Waals surface area contributed by atoms with Crippen LogP contribution < -0.4 is 10.4 Å². The molecule has 0 unspecified atom stereocenters. The Kier molecular flexibility index (Phi) is 2.77. The first-order valence-corrected chi connectivity index (χ1v) is 6.82. The number of aliphatic carboxylic acids is 1. The summed E-state index contributed by atoms with van der Waals surface area (Å²) in [5.41, 5.74) is 1.52. The minimum atomic E-state index is -1.10. The number of nitrogens with zero attached hydrogens (tertiary/aromatic N) is 2. The zero-order valence-electron chi connectivity index (χ0n) is 9.54. The molecule has 0 radical (unpaired) electrons. The molecule has 2 bridgehead atoms. The first kappa shape index (κ1) is 11.6. The van der Waals surface area contributed by atoms with Gasteiger partial charge in [0.05, 0.1) is 0 Å². The van der Waals surface area contributed by atoms with Crippen LogP contribution in [0.15, 0.2) is 5.51 Å². The van der Waals surface area contributed by atoms with Crippen molar-refractivity contribution >= 4 is 28.3 Å². The van der Waals surface area contributed by atoms with Crippen molar-refractivity contribution in [3.8, 4) is 0 Å². The van der Waals surface area contributed by atoms with E-state index < -0.39 is 17.8 Å². The lowest BCUT2D eigenvalue weighted by Crippen LogP contribution is -2.43. The smallest absolute Gasteiger partial charge is 0.230 e. The summed E-state index contributed by atoms with van der Waals surface area (Å²) in [5.74, 6) is -2.20. The Morgan fingerprint density at radius 2 is 2.06 bits per heavy atom. The highest BCUT2D eigenvalue weighted by Crippen LogP contribution is 2.52. The Morgan fingerprint density at radius 1 is 1.33 bits per heavy atom. The number of amides is 1. The number of anilines is 1. The topological polar surface area (TPSA) is 95.0 Å². The van der Waals surface area contributed by atoms with E-state index in [1.165, 1.54) is 16.8 Å². The van der Waals surface area contributed by atoms with E-state index in [1.807, 2.05) is 0 Å². The fourth-order valence-corrected chi connectivity index (χ4v) is 3.87. The zero-order valence-corrected chi connectivity index (χ0v) is 10.4. The summed E-state index contributed by atoms with van der Waals surface area (Å²) in [6, 6.07) is 0. The number of hydrogen-bond acceptors (Lipinski definition) is 6. The van der Waals surface area contributed by atoms with Gasteiger partial charge in [0.15, 0.2) is 0 Å². The highest BCUT2D eigenvalue weighted by atomic mass is 32.1. The molecule has 18 heavy (non-hydrogen) atoms. The van der Waals surface area contributed by atoms with Crippen molar-refractivity contribution in [3.63, 3.8) is 0 Å². The summed E-state index contributed by atoms with van der Waals surface area (Å²) in [6.45, 7) is 0. The molecular weight excluding hydrogens is 254 g/mol. The third-order valence-electron chi connectivity index (χ3n) is 4.08. The van der Waals surface area contributed by atoms with E-state index in [2.05, 4.69) is 15.5 Å². The first-order chi connectivity index (χ1) is 8.66. The number of fused-ring (bicyclic) bond motifs is 2. The normalized spacial score (nSPS) is 33.6. The molecule has 2 aliphatic carbocycles. The van der Waals surface area contributed by atoms with E-state index in [-0.39, 0.29) is 17.7 Å². The molecule has 1 N–H and O–H groups in total. The number of carbonyl (C=O) groups is 2. The Hall–Kier alpha value is -1.50. The van der Waals surface area contributed by atoms with Gasteiger partial charge in [-0.3, -0.25) is 4.79 Å².